The zero-order valence-corrected chi connectivity index (χ0v) is 10.3. The molecule has 2 aromatic rings. The lowest BCUT2D eigenvalue weighted by atomic mass is 10.1. The van der Waals surface area contributed by atoms with Crippen molar-refractivity contribution in [3.8, 4) is 5.69 Å². The molecule has 0 atom stereocenters. The highest BCUT2D eigenvalue weighted by Crippen LogP contribution is 2.34. The highest BCUT2D eigenvalue weighted by molar-refractivity contribution is 6.17. The third kappa shape index (κ3) is 2.51. The minimum absolute atomic E-state index is 0.0665. The van der Waals surface area contributed by atoms with Crippen LogP contribution in [-0.4, -0.2) is 9.78 Å². The lowest BCUT2D eigenvalue weighted by molar-refractivity contribution is -0.138. The van der Waals surface area contributed by atoms with Crippen LogP contribution in [-0.2, 0) is 12.1 Å². The normalized spacial score (nSPS) is 11.8. The van der Waals surface area contributed by atoms with Gasteiger partial charge in [0, 0.05) is 12.1 Å². The Morgan fingerprint density at radius 2 is 2.06 bits per heavy atom. The third-order valence-electron chi connectivity index (χ3n) is 2.52. The van der Waals surface area contributed by atoms with Crippen LogP contribution in [0.4, 0.5) is 13.2 Å². The zero-order valence-electron chi connectivity index (χ0n) is 9.50. The highest BCUT2D eigenvalue weighted by Gasteiger charge is 2.33. The number of aryl methyl sites for hydroxylation is 1. The Hall–Kier alpha value is -1.49. The Morgan fingerprint density at radius 3 is 2.56 bits per heavy atom. The quantitative estimate of drug-likeness (QED) is 0.759. The predicted octanol–water partition coefficient (Wildman–Crippen LogP) is 3.94. The molecule has 1 heterocycles. The van der Waals surface area contributed by atoms with Crippen molar-refractivity contribution < 1.29 is 13.2 Å². The van der Waals surface area contributed by atoms with Gasteiger partial charge in [-0.05, 0) is 30.2 Å². The summed E-state index contributed by atoms with van der Waals surface area (Å²) in [4.78, 5) is 0. The molecule has 18 heavy (non-hydrogen) atoms. The van der Waals surface area contributed by atoms with E-state index >= 15 is 0 Å². The van der Waals surface area contributed by atoms with Crippen molar-refractivity contribution in [1.82, 2.24) is 9.78 Å². The molecular formula is C12H10ClF3N2. The summed E-state index contributed by atoms with van der Waals surface area (Å²) in [6.07, 6.45) is -1.17. The number of nitrogens with zero attached hydrogens (tertiary/aromatic N) is 2. The van der Waals surface area contributed by atoms with Crippen LogP contribution in [0, 0.1) is 6.92 Å². The SMILES string of the molecule is Cc1cnn(-c2ccc(CCl)c(C(F)(F)F)c2)c1. The van der Waals surface area contributed by atoms with E-state index in [0.717, 1.165) is 11.6 Å². The molecule has 0 N–H and O–H groups in total. The van der Waals surface area contributed by atoms with E-state index in [1.54, 1.807) is 18.5 Å². The number of benzene rings is 1. The summed E-state index contributed by atoms with van der Waals surface area (Å²) in [5.41, 5.74) is 0.592. The van der Waals surface area contributed by atoms with Gasteiger partial charge in [-0.3, -0.25) is 0 Å². The first-order chi connectivity index (χ1) is 8.41. The van der Waals surface area contributed by atoms with Gasteiger partial charge in [0.1, 0.15) is 0 Å². The van der Waals surface area contributed by atoms with Crippen molar-refractivity contribution in [2.45, 2.75) is 19.0 Å². The summed E-state index contributed by atoms with van der Waals surface area (Å²) in [7, 11) is 0. The Kier molecular flexibility index (Phi) is 3.34. The minimum Gasteiger partial charge on any atom is -0.241 e. The third-order valence-corrected chi connectivity index (χ3v) is 2.81. The summed E-state index contributed by atoms with van der Waals surface area (Å²) in [6.45, 7) is 1.82. The van der Waals surface area contributed by atoms with E-state index in [1.807, 2.05) is 6.92 Å². The molecular weight excluding hydrogens is 265 g/mol. The average molecular weight is 275 g/mol. The van der Waals surface area contributed by atoms with Crippen LogP contribution in [0.3, 0.4) is 0 Å². The van der Waals surface area contributed by atoms with Crippen LogP contribution < -0.4 is 0 Å². The number of alkyl halides is 4. The smallest absolute Gasteiger partial charge is 0.241 e. The molecule has 0 fully saturated rings. The summed E-state index contributed by atoms with van der Waals surface area (Å²) in [6, 6.07) is 4.01. The molecule has 96 valence electrons. The van der Waals surface area contributed by atoms with Crippen LogP contribution >= 0.6 is 11.6 Å². The minimum atomic E-state index is -4.41. The van der Waals surface area contributed by atoms with Crippen molar-refractivity contribution >= 4 is 11.6 Å². The average Bonchev–Trinajstić information content (AvgIpc) is 2.74. The van der Waals surface area contributed by atoms with Gasteiger partial charge in [-0.1, -0.05) is 6.07 Å². The summed E-state index contributed by atoms with van der Waals surface area (Å²) < 4.78 is 39.9. The summed E-state index contributed by atoms with van der Waals surface area (Å²) >= 11 is 5.52. The van der Waals surface area contributed by atoms with E-state index in [-0.39, 0.29) is 11.4 Å². The fourth-order valence-electron chi connectivity index (χ4n) is 1.64. The van der Waals surface area contributed by atoms with Gasteiger partial charge >= 0.3 is 6.18 Å². The maximum absolute atomic E-state index is 12.8. The maximum atomic E-state index is 12.8. The molecule has 1 aromatic heterocycles. The molecule has 0 saturated heterocycles. The lowest BCUT2D eigenvalue weighted by Crippen LogP contribution is -2.10. The number of rotatable bonds is 2. The second kappa shape index (κ2) is 4.65. The fraction of sp³-hybridized carbons (Fsp3) is 0.250. The van der Waals surface area contributed by atoms with Crippen molar-refractivity contribution in [2.24, 2.45) is 0 Å². The van der Waals surface area contributed by atoms with Gasteiger partial charge in [-0.2, -0.15) is 18.3 Å². The molecule has 0 aliphatic carbocycles. The van der Waals surface area contributed by atoms with Gasteiger partial charge in [0.05, 0.1) is 17.4 Å². The maximum Gasteiger partial charge on any atom is 0.416 e. The van der Waals surface area contributed by atoms with Crippen molar-refractivity contribution in [3.05, 3.63) is 47.3 Å². The standard InChI is InChI=1S/C12H10ClF3N2/c1-8-6-17-18(7-8)10-3-2-9(5-13)11(4-10)12(14,15)16/h2-4,6-7H,5H2,1H3. The van der Waals surface area contributed by atoms with Crippen LogP contribution in [0.1, 0.15) is 16.7 Å². The van der Waals surface area contributed by atoms with E-state index < -0.39 is 11.7 Å². The summed E-state index contributed by atoms with van der Waals surface area (Å²) in [5, 5.41) is 3.98. The first-order valence-corrected chi connectivity index (χ1v) is 5.73. The number of halogens is 4. The molecule has 0 radical (unpaired) electrons. The Bertz CT molecular complexity index is 561. The molecule has 2 nitrogen and oxygen atoms in total. The number of aromatic nitrogens is 2. The van der Waals surface area contributed by atoms with Gasteiger partial charge in [0.15, 0.2) is 0 Å². The van der Waals surface area contributed by atoms with E-state index in [0.29, 0.717) is 5.69 Å². The van der Waals surface area contributed by atoms with Crippen LogP contribution in [0.15, 0.2) is 30.6 Å². The van der Waals surface area contributed by atoms with Gasteiger partial charge in [0.25, 0.3) is 0 Å². The van der Waals surface area contributed by atoms with Crippen LogP contribution in [0.5, 0.6) is 0 Å². The Labute approximate surface area is 107 Å². The highest BCUT2D eigenvalue weighted by atomic mass is 35.5. The van der Waals surface area contributed by atoms with Gasteiger partial charge in [-0.15, -0.1) is 11.6 Å². The van der Waals surface area contributed by atoms with Crippen molar-refractivity contribution in [3.63, 3.8) is 0 Å². The molecule has 0 aliphatic rings. The van der Waals surface area contributed by atoms with E-state index in [2.05, 4.69) is 5.10 Å². The molecule has 2 rings (SSSR count). The first-order valence-electron chi connectivity index (χ1n) is 5.19. The number of hydrogen-bond donors (Lipinski definition) is 0. The van der Waals surface area contributed by atoms with E-state index in [4.69, 9.17) is 11.6 Å². The van der Waals surface area contributed by atoms with E-state index in [1.165, 1.54) is 10.7 Å². The molecule has 0 unspecified atom stereocenters. The molecule has 0 bridgehead atoms. The topological polar surface area (TPSA) is 17.8 Å². The largest absolute Gasteiger partial charge is 0.416 e. The van der Waals surface area contributed by atoms with Gasteiger partial charge < -0.3 is 0 Å². The predicted molar refractivity (Wildman–Crippen MR) is 62.9 cm³/mol. The number of hydrogen-bond acceptors (Lipinski definition) is 1. The monoisotopic (exact) mass is 274 g/mol. The first kappa shape index (κ1) is 13.0. The molecule has 0 saturated carbocycles. The lowest BCUT2D eigenvalue weighted by Gasteiger charge is -2.13. The Balaban J connectivity index is 2.52. The van der Waals surface area contributed by atoms with Crippen molar-refractivity contribution in [2.75, 3.05) is 0 Å². The van der Waals surface area contributed by atoms with E-state index in [9.17, 15) is 13.2 Å². The molecule has 0 spiro atoms. The second-order valence-electron chi connectivity index (χ2n) is 3.94. The molecule has 0 aliphatic heterocycles. The fourth-order valence-corrected chi connectivity index (χ4v) is 1.87. The van der Waals surface area contributed by atoms with Crippen LogP contribution in [0.2, 0.25) is 0 Å². The van der Waals surface area contributed by atoms with Gasteiger partial charge in [-0.25, -0.2) is 4.68 Å². The second-order valence-corrected chi connectivity index (χ2v) is 4.20. The summed E-state index contributed by atoms with van der Waals surface area (Å²) in [5.74, 6) is -0.173. The Morgan fingerprint density at radius 1 is 1.33 bits per heavy atom. The molecule has 1 aromatic carbocycles. The van der Waals surface area contributed by atoms with Gasteiger partial charge in [0.2, 0.25) is 0 Å². The van der Waals surface area contributed by atoms with Crippen molar-refractivity contribution in [1.29, 1.82) is 0 Å². The molecule has 0 amide bonds. The zero-order chi connectivity index (χ0) is 13.3. The van der Waals surface area contributed by atoms with Crippen LogP contribution in [0.25, 0.3) is 5.69 Å². The molecule has 6 heteroatoms.